The topological polar surface area (TPSA) is 67.8 Å². The second-order valence-corrected chi connectivity index (χ2v) is 12.3. The highest BCUT2D eigenvalue weighted by Gasteiger charge is 2.53. The lowest BCUT2D eigenvalue weighted by molar-refractivity contribution is 0.0821. The molecular weight excluding hydrogens is 340 g/mol. The third kappa shape index (κ3) is 3.29. The molecule has 0 heterocycles. The molecule has 1 saturated carbocycles. The molecule has 1 aliphatic rings. The number of nitrogens with two attached hydrogens (primary N) is 1. The fraction of sp³-hybridized carbons (Fsp3) is 0.381. The summed E-state index contributed by atoms with van der Waals surface area (Å²) in [6.07, 6.45) is 1.74. The highest BCUT2D eigenvalue weighted by molar-refractivity contribution is 6.99. The lowest BCUT2D eigenvalue weighted by atomic mass is 9.82. The van der Waals surface area contributed by atoms with Crippen molar-refractivity contribution in [2.24, 2.45) is 16.8 Å². The van der Waals surface area contributed by atoms with Gasteiger partial charge < -0.3 is 15.4 Å². The first-order valence-corrected chi connectivity index (χ1v) is 11.1. The van der Waals surface area contributed by atoms with Crippen LogP contribution in [0.5, 0.6) is 0 Å². The van der Waals surface area contributed by atoms with Gasteiger partial charge in [-0.15, -0.1) is 0 Å². The zero-order valence-corrected chi connectivity index (χ0v) is 16.7. The molecule has 4 nitrogen and oxygen atoms in total. The Morgan fingerprint density at radius 2 is 1.46 bits per heavy atom. The zero-order valence-electron chi connectivity index (χ0n) is 15.7. The van der Waals surface area contributed by atoms with Gasteiger partial charge in [0.25, 0.3) is 8.32 Å². The van der Waals surface area contributed by atoms with Crippen molar-refractivity contribution < 1.29 is 9.63 Å². The van der Waals surface area contributed by atoms with Crippen LogP contribution >= 0.6 is 0 Å². The van der Waals surface area contributed by atoms with Gasteiger partial charge in [0.15, 0.2) is 0 Å². The Hall–Kier alpha value is -2.11. The number of hydrogen-bond acceptors (Lipinski definition) is 3. The Kier molecular flexibility index (Phi) is 5.21. The molecular formula is C21H28N2O2Si. The maximum absolute atomic E-state index is 8.91. The molecule has 138 valence electrons. The molecule has 0 atom stereocenters. The molecule has 2 aromatic carbocycles. The molecule has 3 N–H and O–H groups in total. The molecule has 0 aliphatic heterocycles. The molecule has 0 aromatic heterocycles. The van der Waals surface area contributed by atoms with Crippen LogP contribution in [0, 0.1) is 5.92 Å². The van der Waals surface area contributed by atoms with Crippen molar-refractivity contribution in [1.29, 1.82) is 0 Å². The molecule has 0 amide bonds. The molecule has 0 unspecified atom stereocenters. The Labute approximate surface area is 156 Å². The SMILES string of the molecule is CC(C)(C)[Si](OC1CC(C(N)=NO)C1)(c1ccccc1)c1ccccc1. The van der Waals surface area contributed by atoms with Crippen LogP contribution in [-0.4, -0.2) is 25.5 Å². The van der Waals surface area contributed by atoms with Crippen molar-refractivity contribution in [2.75, 3.05) is 0 Å². The first-order chi connectivity index (χ1) is 12.4. The van der Waals surface area contributed by atoms with Crippen LogP contribution in [0.2, 0.25) is 5.04 Å². The van der Waals surface area contributed by atoms with Gasteiger partial charge in [-0.05, 0) is 28.3 Å². The smallest absolute Gasteiger partial charge is 0.261 e. The summed E-state index contributed by atoms with van der Waals surface area (Å²) in [6, 6.07) is 21.3. The number of rotatable bonds is 5. The number of benzene rings is 2. The van der Waals surface area contributed by atoms with Crippen molar-refractivity contribution >= 4 is 24.5 Å². The Bertz CT molecular complexity index is 711. The predicted molar refractivity (Wildman–Crippen MR) is 109 cm³/mol. The van der Waals surface area contributed by atoms with Crippen LogP contribution in [0.4, 0.5) is 0 Å². The van der Waals surface area contributed by atoms with Crippen LogP contribution in [0.3, 0.4) is 0 Å². The van der Waals surface area contributed by atoms with Gasteiger partial charge in [-0.1, -0.05) is 86.6 Å². The van der Waals surface area contributed by atoms with E-state index in [-0.39, 0.29) is 17.1 Å². The predicted octanol–water partition coefficient (Wildman–Crippen LogP) is 3.09. The van der Waals surface area contributed by atoms with Gasteiger partial charge in [0, 0.05) is 12.0 Å². The van der Waals surface area contributed by atoms with Gasteiger partial charge in [-0.25, -0.2) is 0 Å². The molecule has 5 heteroatoms. The number of amidine groups is 1. The summed E-state index contributed by atoms with van der Waals surface area (Å²) in [5.41, 5.74) is 5.77. The van der Waals surface area contributed by atoms with Crippen molar-refractivity contribution in [3.05, 3.63) is 60.7 Å². The van der Waals surface area contributed by atoms with E-state index in [1.165, 1.54) is 10.4 Å². The highest BCUT2D eigenvalue weighted by atomic mass is 28.4. The van der Waals surface area contributed by atoms with E-state index in [0.29, 0.717) is 5.84 Å². The Morgan fingerprint density at radius 1 is 1.00 bits per heavy atom. The molecule has 2 aromatic rings. The van der Waals surface area contributed by atoms with E-state index in [4.69, 9.17) is 15.4 Å². The Morgan fingerprint density at radius 3 is 1.85 bits per heavy atom. The van der Waals surface area contributed by atoms with Gasteiger partial charge in [0.2, 0.25) is 0 Å². The first kappa shape index (κ1) is 18.7. The second-order valence-electron chi connectivity index (χ2n) is 8.10. The molecule has 1 fully saturated rings. The number of oxime groups is 1. The second kappa shape index (κ2) is 7.25. The van der Waals surface area contributed by atoms with E-state index in [0.717, 1.165) is 12.8 Å². The minimum absolute atomic E-state index is 0.0304. The largest absolute Gasteiger partial charge is 0.409 e. The standard InChI is InChI=1S/C21H28N2O2Si/c1-21(2,3)26(18-10-6-4-7-11-18,19-12-8-5-9-13-19)25-17-14-16(15-17)20(22)23-24/h4-13,16-17,24H,14-15H2,1-3H3,(H2,22,23). The molecule has 3 rings (SSSR count). The maximum Gasteiger partial charge on any atom is 0.261 e. The minimum atomic E-state index is -2.50. The summed E-state index contributed by atoms with van der Waals surface area (Å²) >= 11 is 0. The summed E-state index contributed by atoms with van der Waals surface area (Å²) in [6.45, 7) is 6.83. The van der Waals surface area contributed by atoms with Crippen LogP contribution in [0.25, 0.3) is 0 Å². The highest BCUT2D eigenvalue weighted by Crippen LogP contribution is 2.41. The zero-order chi connectivity index (χ0) is 18.8. The van der Waals surface area contributed by atoms with Crippen LogP contribution in [0.15, 0.2) is 65.8 Å². The van der Waals surface area contributed by atoms with Crippen molar-refractivity contribution in [1.82, 2.24) is 0 Å². The van der Waals surface area contributed by atoms with E-state index in [1.807, 2.05) is 12.1 Å². The van der Waals surface area contributed by atoms with Crippen LogP contribution < -0.4 is 16.1 Å². The van der Waals surface area contributed by atoms with E-state index in [9.17, 15) is 0 Å². The van der Waals surface area contributed by atoms with E-state index in [1.54, 1.807) is 0 Å². The molecule has 0 spiro atoms. The van der Waals surface area contributed by atoms with Crippen LogP contribution in [0.1, 0.15) is 33.6 Å². The summed E-state index contributed by atoms with van der Waals surface area (Å²) in [5.74, 6) is 0.426. The normalized spacial score (nSPS) is 21.3. The molecule has 0 saturated heterocycles. The van der Waals surface area contributed by atoms with Gasteiger partial charge >= 0.3 is 0 Å². The van der Waals surface area contributed by atoms with Gasteiger partial charge in [-0.2, -0.15) is 0 Å². The molecule has 1 aliphatic carbocycles. The van der Waals surface area contributed by atoms with Gasteiger partial charge in [0.1, 0.15) is 5.84 Å². The molecule has 26 heavy (non-hydrogen) atoms. The maximum atomic E-state index is 8.91. The third-order valence-corrected chi connectivity index (χ3v) is 10.5. The minimum Gasteiger partial charge on any atom is -0.409 e. The number of nitrogens with zero attached hydrogens (tertiary/aromatic N) is 1. The monoisotopic (exact) mass is 368 g/mol. The molecule has 0 radical (unpaired) electrons. The van der Waals surface area contributed by atoms with Gasteiger partial charge in [-0.3, -0.25) is 0 Å². The van der Waals surface area contributed by atoms with Crippen molar-refractivity contribution in [3.8, 4) is 0 Å². The average Bonchev–Trinajstić information content (AvgIpc) is 2.61. The van der Waals surface area contributed by atoms with Gasteiger partial charge in [0.05, 0.1) is 0 Å². The lowest BCUT2D eigenvalue weighted by Gasteiger charge is -2.48. The Balaban J connectivity index is 2.02. The van der Waals surface area contributed by atoms with Crippen LogP contribution in [-0.2, 0) is 4.43 Å². The quantitative estimate of drug-likeness (QED) is 0.280. The van der Waals surface area contributed by atoms with Crippen molar-refractivity contribution in [2.45, 2.75) is 44.8 Å². The van der Waals surface area contributed by atoms with E-state index >= 15 is 0 Å². The fourth-order valence-corrected chi connectivity index (χ4v) is 8.63. The summed E-state index contributed by atoms with van der Waals surface area (Å²) in [4.78, 5) is 0. The summed E-state index contributed by atoms with van der Waals surface area (Å²) in [5, 5.41) is 14.6. The average molecular weight is 369 g/mol. The number of hydrogen-bond donors (Lipinski definition) is 2. The first-order valence-electron chi connectivity index (χ1n) is 9.15. The van der Waals surface area contributed by atoms with E-state index < -0.39 is 8.32 Å². The summed E-state index contributed by atoms with van der Waals surface area (Å²) < 4.78 is 6.98. The molecule has 0 bridgehead atoms. The third-order valence-electron chi connectivity index (χ3n) is 5.39. The van der Waals surface area contributed by atoms with E-state index in [2.05, 4.69) is 74.5 Å². The van der Waals surface area contributed by atoms with Crippen molar-refractivity contribution in [3.63, 3.8) is 0 Å². The lowest BCUT2D eigenvalue weighted by Crippen LogP contribution is -2.68. The fourth-order valence-electron chi connectivity index (χ4n) is 3.93. The summed E-state index contributed by atoms with van der Waals surface area (Å²) in [7, 11) is -2.50.